The zero-order chi connectivity index (χ0) is 33.4. The Morgan fingerprint density at radius 1 is 0.277 bits per heavy atom. The van der Waals surface area contributed by atoms with E-state index in [1.54, 1.807) is 0 Å². The summed E-state index contributed by atoms with van der Waals surface area (Å²) in [4.78, 5) is 0. The van der Waals surface area contributed by atoms with Crippen LogP contribution in [0.3, 0.4) is 0 Å². The molecule has 0 aromatic heterocycles. The Labute approximate surface area is 292 Å². The molecular formula is C42H44Cl2P2Pd. The Balaban J connectivity index is 1.88. The van der Waals surface area contributed by atoms with Gasteiger partial charge in [0.15, 0.2) is 0 Å². The van der Waals surface area contributed by atoms with Gasteiger partial charge in [0.25, 0.3) is 0 Å². The average molecular weight is 788 g/mol. The minimum atomic E-state index is -3.78. The number of aryl methyl sites for hydroxylation is 6. The standard InChI is InChI=1S/2C21H21P.2ClH.Pd/c2*1-16-4-10-19(11-5-16)22(20-12-6-17(2)7-13-20)21-14-8-18(3)9-15-21;;;/h2*4-15H,1-3H3;2*1H;. The van der Waals surface area contributed by atoms with Gasteiger partial charge < -0.3 is 0 Å². The molecule has 0 aliphatic rings. The Bertz CT molecular complexity index is 1600. The fourth-order valence-electron chi connectivity index (χ4n) is 6.50. The first-order valence-corrected chi connectivity index (χ1v) is 28.3. The van der Waals surface area contributed by atoms with Gasteiger partial charge in [0.1, 0.15) is 0 Å². The summed E-state index contributed by atoms with van der Waals surface area (Å²) in [6, 6.07) is 54.9. The minimum absolute atomic E-state index is 1.22. The SMILES string of the molecule is Cc1ccc([PH](c2ccc(C)cc2)(c2ccc(C)cc2)[Pd]([Cl])([Cl])[PH](c2ccc(C)cc2)(c2ccc(C)cc2)c2ccc(C)cc2)cc1. The second kappa shape index (κ2) is 13.7. The van der Waals surface area contributed by atoms with Gasteiger partial charge in [-0.15, -0.1) is 0 Å². The molecule has 6 aromatic carbocycles. The third-order valence-corrected chi connectivity index (χ3v) is 54.9. The van der Waals surface area contributed by atoms with Crippen molar-refractivity contribution in [2.75, 3.05) is 0 Å². The Morgan fingerprint density at radius 3 is 0.532 bits per heavy atom. The van der Waals surface area contributed by atoms with Crippen molar-refractivity contribution in [3.63, 3.8) is 0 Å². The second-order valence-electron chi connectivity index (χ2n) is 12.8. The molecule has 0 radical (unpaired) electrons. The summed E-state index contributed by atoms with van der Waals surface area (Å²) in [5, 5.41) is 7.59. The van der Waals surface area contributed by atoms with E-state index in [-0.39, 0.29) is 0 Å². The van der Waals surface area contributed by atoms with Gasteiger partial charge in [0.2, 0.25) is 0 Å². The second-order valence-corrected chi connectivity index (χ2v) is 44.7. The molecule has 6 rings (SSSR count). The van der Waals surface area contributed by atoms with E-state index in [1.807, 2.05) is 0 Å². The molecule has 0 nitrogen and oxygen atoms in total. The van der Waals surface area contributed by atoms with E-state index >= 15 is 0 Å². The van der Waals surface area contributed by atoms with Gasteiger partial charge in [-0.1, -0.05) is 0 Å². The van der Waals surface area contributed by atoms with E-state index < -0.39 is 23.4 Å². The van der Waals surface area contributed by atoms with Crippen molar-refractivity contribution in [1.82, 2.24) is 0 Å². The zero-order valence-electron chi connectivity index (χ0n) is 27.9. The van der Waals surface area contributed by atoms with E-state index in [0.717, 1.165) is 0 Å². The average Bonchev–Trinajstić information content (AvgIpc) is 3.06. The number of benzene rings is 6. The van der Waals surface area contributed by atoms with Crippen LogP contribution < -0.4 is 31.8 Å². The molecule has 0 heterocycles. The van der Waals surface area contributed by atoms with Crippen LogP contribution in [0.4, 0.5) is 0 Å². The predicted octanol–water partition coefficient (Wildman–Crippen LogP) is 9.58. The Morgan fingerprint density at radius 2 is 0.404 bits per heavy atom. The molecule has 0 bridgehead atoms. The summed E-state index contributed by atoms with van der Waals surface area (Å²) in [6.45, 7) is 12.9. The van der Waals surface area contributed by atoms with Crippen LogP contribution >= 0.6 is 30.0 Å². The molecule has 0 N–H and O–H groups in total. The predicted molar refractivity (Wildman–Crippen MR) is 213 cm³/mol. The summed E-state index contributed by atoms with van der Waals surface area (Å²) < 4.78 is 0. The summed E-state index contributed by atoms with van der Waals surface area (Å²) in [5.74, 6) is 0. The van der Waals surface area contributed by atoms with Crippen LogP contribution in [0.1, 0.15) is 33.4 Å². The fourth-order valence-corrected chi connectivity index (χ4v) is 62.0. The first-order valence-electron chi connectivity index (χ1n) is 16.0. The Kier molecular flexibility index (Phi) is 10.0. The number of hydrogen-bond donors (Lipinski definition) is 0. The monoisotopic (exact) mass is 786 g/mol. The molecule has 0 amide bonds. The van der Waals surface area contributed by atoms with E-state index in [9.17, 15) is 0 Å². The third-order valence-electron chi connectivity index (χ3n) is 9.18. The first kappa shape index (κ1) is 34.3. The summed E-state index contributed by atoms with van der Waals surface area (Å²) in [7, 11) is 17.7. The number of rotatable bonds is 8. The molecule has 47 heavy (non-hydrogen) atoms. The molecule has 5 heteroatoms. The normalized spacial score (nSPS) is 13.3. The summed E-state index contributed by atoms with van der Waals surface area (Å²) in [6.07, 6.45) is 0. The molecule has 0 aliphatic heterocycles. The topological polar surface area (TPSA) is 0 Å². The van der Waals surface area contributed by atoms with E-state index in [1.165, 1.54) is 65.2 Å². The zero-order valence-corrected chi connectivity index (χ0v) is 33.0. The van der Waals surface area contributed by atoms with E-state index in [4.69, 9.17) is 19.1 Å². The van der Waals surface area contributed by atoms with Crippen molar-refractivity contribution < 1.29 is 12.5 Å². The van der Waals surface area contributed by atoms with Crippen molar-refractivity contribution in [2.45, 2.75) is 41.5 Å². The van der Waals surface area contributed by atoms with Crippen molar-refractivity contribution in [3.05, 3.63) is 179 Å². The van der Waals surface area contributed by atoms with Gasteiger partial charge in [-0.25, -0.2) is 0 Å². The molecule has 0 spiro atoms. The third kappa shape index (κ3) is 6.00. The van der Waals surface area contributed by atoms with Crippen LogP contribution in [0.25, 0.3) is 0 Å². The van der Waals surface area contributed by atoms with Crippen LogP contribution in [0.15, 0.2) is 146 Å². The van der Waals surface area contributed by atoms with Gasteiger partial charge in [-0.3, -0.25) is 0 Å². The molecule has 0 atom stereocenters. The van der Waals surface area contributed by atoms with Gasteiger partial charge in [-0.05, 0) is 0 Å². The number of halogens is 2. The van der Waals surface area contributed by atoms with Crippen molar-refractivity contribution in [3.8, 4) is 0 Å². The van der Waals surface area contributed by atoms with Crippen molar-refractivity contribution in [2.24, 2.45) is 0 Å². The number of hydrogen-bond acceptors (Lipinski definition) is 0. The van der Waals surface area contributed by atoms with Crippen LogP contribution in [0.2, 0.25) is 0 Å². The molecule has 0 saturated heterocycles. The molecule has 6 aromatic rings. The molecule has 0 saturated carbocycles. The molecular weight excluding hydrogens is 744 g/mol. The van der Waals surface area contributed by atoms with Crippen LogP contribution in [-0.4, -0.2) is 0 Å². The van der Waals surface area contributed by atoms with Crippen LogP contribution in [0.5, 0.6) is 0 Å². The van der Waals surface area contributed by atoms with E-state index in [0.29, 0.717) is 0 Å². The van der Waals surface area contributed by atoms with Gasteiger partial charge in [0.05, 0.1) is 0 Å². The van der Waals surface area contributed by atoms with Crippen molar-refractivity contribution >= 4 is 61.8 Å². The molecule has 0 unspecified atom stereocenters. The van der Waals surface area contributed by atoms with Crippen molar-refractivity contribution in [1.29, 1.82) is 0 Å². The maximum absolute atomic E-state index is 8.87. The fraction of sp³-hybridized carbons (Fsp3) is 0.143. The van der Waals surface area contributed by atoms with Gasteiger partial charge in [-0.2, -0.15) is 0 Å². The molecule has 246 valence electrons. The molecule has 0 aliphatic carbocycles. The molecule has 0 fully saturated rings. The summed E-state index contributed by atoms with van der Waals surface area (Å²) in [5.41, 5.74) is 0.936. The maximum atomic E-state index is 8.87. The van der Waals surface area contributed by atoms with Gasteiger partial charge in [0, 0.05) is 0 Å². The van der Waals surface area contributed by atoms with E-state index in [2.05, 4.69) is 187 Å². The summed E-state index contributed by atoms with van der Waals surface area (Å²) >= 11 is -3.78. The first-order chi connectivity index (χ1) is 22.5. The quantitative estimate of drug-likeness (QED) is 0.107. The van der Waals surface area contributed by atoms with Crippen LogP contribution in [0, 0.1) is 41.5 Å². The Hall–Kier alpha value is -2.58. The van der Waals surface area contributed by atoms with Crippen LogP contribution in [-0.2, 0) is 12.5 Å². The van der Waals surface area contributed by atoms with Gasteiger partial charge >= 0.3 is 295 Å².